The van der Waals surface area contributed by atoms with Crippen LogP contribution in [0.25, 0.3) is 0 Å². The van der Waals surface area contributed by atoms with Gasteiger partial charge >= 0.3 is 6.09 Å². The number of hydrogen-bond donors (Lipinski definition) is 3. The van der Waals surface area contributed by atoms with Gasteiger partial charge in [-0.25, -0.2) is 9.18 Å². The molecule has 2 aliphatic heterocycles. The standard InChI is InChI=1S/C21H28FN3O4/c22-17-12-14(23-20(28)29)2-7-18(17)24-10-1-8-21(13-24)9-11-25(19(21)27)15-3-5-16(26)6-4-15/h2,7,12,15-16,23,26H,1,3-6,8-11,13H2,(H,28,29)/t15-,16-,21-/m0/s1. The van der Waals surface area contributed by atoms with Crippen molar-refractivity contribution in [2.75, 3.05) is 29.9 Å². The molecule has 1 atom stereocenters. The lowest BCUT2D eigenvalue weighted by Crippen LogP contribution is -2.50. The number of carbonyl (C=O) groups excluding carboxylic acids is 1. The van der Waals surface area contributed by atoms with Crippen molar-refractivity contribution >= 4 is 23.4 Å². The first-order valence-electron chi connectivity index (χ1n) is 10.4. The molecule has 0 aromatic heterocycles. The molecule has 158 valence electrons. The third-order valence-electron chi connectivity index (χ3n) is 6.77. The molecule has 1 spiro atoms. The van der Waals surface area contributed by atoms with Gasteiger partial charge in [0.25, 0.3) is 0 Å². The second-order valence-corrected chi connectivity index (χ2v) is 8.61. The number of nitrogens with one attached hydrogen (secondary N) is 1. The Morgan fingerprint density at radius 2 is 1.93 bits per heavy atom. The van der Waals surface area contributed by atoms with E-state index in [1.54, 1.807) is 12.1 Å². The van der Waals surface area contributed by atoms with Gasteiger partial charge in [0.05, 0.1) is 17.2 Å². The molecule has 1 aliphatic carbocycles. The number of halogens is 1. The summed E-state index contributed by atoms with van der Waals surface area (Å²) in [6, 6.07) is 4.52. The molecule has 4 rings (SSSR count). The summed E-state index contributed by atoms with van der Waals surface area (Å²) in [7, 11) is 0. The number of benzene rings is 1. The van der Waals surface area contributed by atoms with Crippen molar-refractivity contribution in [2.45, 2.75) is 57.1 Å². The van der Waals surface area contributed by atoms with Crippen LogP contribution in [0.3, 0.4) is 0 Å². The molecule has 1 saturated carbocycles. The zero-order valence-corrected chi connectivity index (χ0v) is 16.4. The molecule has 3 aliphatic rings. The van der Waals surface area contributed by atoms with E-state index in [1.165, 1.54) is 6.07 Å². The Labute approximate surface area is 169 Å². The number of carboxylic acid groups (broad SMARTS) is 1. The van der Waals surface area contributed by atoms with E-state index in [9.17, 15) is 19.1 Å². The number of hydrogen-bond acceptors (Lipinski definition) is 4. The minimum atomic E-state index is -1.24. The van der Waals surface area contributed by atoms with Crippen molar-refractivity contribution in [3.8, 4) is 0 Å². The van der Waals surface area contributed by atoms with E-state index in [-0.39, 0.29) is 23.7 Å². The Morgan fingerprint density at radius 3 is 2.62 bits per heavy atom. The Bertz CT molecular complexity index is 796. The Hall–Kier alpha value is -2.35. The average molecular weight is 405 g/mol. The van der Waals surface area contributed by atoms with Gasteiger partial charge in [0.2, 0.25) is 5.91 Å². The van der Waals surface area contributed by atoms with Crippen LogP contribution in [-0.4, -0.2) is 58.9 Å². The summed E-state index contributed by atoms with van der Waals surface area (Å²) in [4.78, 5) is 28.1. The van der Waals surface area contributed by atoms with Crippen molar-refractivity contribution in [3.05, 3.63) is 24.0 Å². The quantitative estimate of drug-likeness (QED) is 0.719. The van der Waals surface area contributed by atoms with Crippen LogP contribution >= 0.6 is 0 Å². The van der Waals surface area contributed by atoms with Crippen LogP contribution in [0, 0.1) is 11.2 Å². The van der Waals surface area contributed by atoms with Crippen molar-refractivity contribution in [1.82, 2.24) is 4.90 Å². The van der Waals surface area contributed by atoms with Gasteiger partial charge < -0.3 is 20.0 Å². The van der Waals surface area contributed by atoms with E-state index >= 15 is 0 Å². The van der Waals surface area contributed by atoms with Gasteiger partial charge in [0.15, 0.2) is 0 Å². The van der Waals surface area contributed by atoms with Crippen LogP contribution < -0.4 is 10.2 Å². The molecule has 7 nitrogen and oxygen atoms in total. The lowest BCUT2D eigenvalue weighted by molar-refractivity contribution is -0.139. The monoisotopic (exact) mass is 405 g/mol. The molecule has 3 N–H and O–H groups in total. The number of rotatable bonds is 3. The van der Waals surface area contributed by atoms with Crippen molar-refractivity contribution in [3.63, 3.8) is 0 Å². The van der Waals surface area contributed by atoms with Crippen LogP contribution in [0.1, 0.15) is 44.9 Å². The molecule has 0 bridgehead atoms. The molecule has 2 heterocycles. The maximum atomic E-state index is 14.7. The van der Waals surface area contributed by atoms with E-state index in [4.69, 9.17) is 5.11 Å². The Kier molecular flexibility index (Phi) is 5.38. The van der Waals surface area contributed by atoms with E-state index < -0.39 is 17.3 Å². The van der Waals surface area contributed by atoms with Crippen LogP contribution in [0.5, 0.6) is 0 Å². The third-order valence-corrected chi connectivity index (χ3v) is 6.77. The maximum Gasteiger partial charge on any atom is 0.409 e. The van der Waals surface area contributed by atoms with Gasteiger partial charge in [0, 0.05) is 31.4 Å². The highest BCUT2D eigenvalue weighted by Crippen LogP contribution is 2.43. The van der Waals surface area contributed by atoms with Gasteiger partial charge in [-0.05, 0) is 63.1 Å². The number of likely N-dealkylation sites (tertiary alicyclic amines) is 1. The summed E-state index contributed by atoms with van der Waals surface area (Å²) in [5.74, 6) is -0.315. The predicted molar refractivity (Wildman–Crippen MR) is 107 cm³/mol. The summed E-state index contributed by atoms with van der Waals surface area (Å²) in [5, 5.41) is 20.7. The molecule has 2 amide bonds. The summed E-state index contributed by atoms with van der Waals surface area (Å²) < 4.78 is 14.7. The minimum Gasteiger partial charge on any atom is -0.465 e. The van der Waals surface area contributed by atoms with E-state index in [0.717, 1.165) is 51.5 Å². The molecule has 8 heteroatoms. The first kappa shape index (κ1) is 19.9. The Morgan fingerprint density at radius 1 is 1.17 bits per heavy atom. The zero-order chi connectivity index (χ0) is 20.6. The molecule has 1 aromatic rings. The Balaban J connectivity index is 1.48. The minimum absolute atomic E-state index is 0.174. The first-order valence-corrected chi connectivity index (χ1v) is 10.4. The van der Waals surface area contributed by atoms with Crippen LogP contribution in [0.4, 0.5) is 20.6 Å². The average Bonchev–Trinajstić information content (AvgIpc) is 2.98. The molecule has 29 heavy (non-hydrogen) atoms. The number of aliphatic hydroxyl groups excluding tert-OH is 1. The number of nitrogens with zero attached hydrogens (tertiary/aromatic N) is 2. The van der Waals surface area contributed by atoms with Crippen molar-refractivity contribution in [1.29, 1.82) is 0 Å². The number of carbonyl (C=O) groups is 2. The molecular weight excluding hydrogens is 377 g/mol. The summed E-state index contributed by atoms with van der Waals surface area (Å²) >= 11 is 0. The van der Waals surface area contributed by atoms with Gasteiger partial charge in [-0.1, -0.05) is 0 Å². The molecule has 1 aromatic carbocycles. The summed E-state index contributed by atoms with van der Waals surface area (Å²) in [6.07, 6.45) is 4.11. The second-order valence-electron chi connectivity index (χ2n) is 8.61. The molecule has 3 fully saturated rings. The molecular formula is C21H28FN3O4. The number of aliphatic hydroxyl groups is 1. The number of piperidine rings is 1. The van der Waals surface area contributed by atoms with E-state index in [2.05, 4.69) is 5.32 Å². The van der Waals surface area contributed by atoms with Gasteiger partial charge in [-0.15, -0.1) is 0 Å². The van der Waals surface area contributed by atoms with Crippen LogP contribution in [0.15, 0.2) is 18.2 Å². The van der Waals surface area contributed by atoms with E-state index in [0.29, 0.717) is 18.8 Å². The van der Waals surface area contributed by atoms with Crippen LogP contribution in [0.2, 0.25) is 0 Å². The zero-order valence-electron chi connectivity index (χ0n) is 16.4. The number of amides is 2. The van der Waals surface area contributed by atoms with Crippen LogP contribution in [-0.2, 0) is 4.79 Å². The fraction of sp³-hybridized carbons (Fsp3) is 0.619. The third kappa shape index (κ3) is 3.90. The number of anilines is 2. The highest BCUT2D eigenvalue weighted by molar-refractivity contribution is 5.86. The fourth-order valence-electron chi connectivity index (χ4n) is 5.25. The molecule has 0 unspecified atom stereocenters. The largest absolute Gasteiger partial charge is 0.465 e. The topological polar surface area (TPSA) is 93.1 Å². The fourth-order valence-corrected chi connectivity index (χ4v) is 5.25. The molecule has 2 saturated heterocycles. The van der Waals surface area contributed by atoms with Crippen molar-refractivity contribution < 1.29 is 24.2 Å². The molecule has 0 radical (unpaired) electrons. The normalized spacial score (nSPS) is 30.1. The lowest BCUT2D eigenvalue weighted by atomic mass is 9.78. The van der Waals surface area contributed by atoms with E-state index in [1.807, 2.05) is 9.80 Å². The van der Waals surface area contributed by atoms with Crippen molar-refractivity contribution in [2.24, 2.45) is 5.41 Å². The second kappa shape index (κ2) is 7.82. The van der Waals surface area contributed by atoms with Gasteiger partial charge in [0.1, 0.15) is 5.82 Å². The van der Waals surface area contributed by atoms with Gasteiger partial charge in [-0.2, -0.15) is 0 Å². The highest BCUT2D eigenvalue weighted by Gasteiger charge is 2.50. The SMILES string of the molecule is O=C(O)Nc1ccc(N2CCC[C@]3(CCN([C@H]4CC[C@H](O)CC4)C3=O)C2)c(F)c1. The predicted octanol–water partition coefficient (Wildman–Crippen LogP) is 3.04. The van der Waals surface area contributed by atoms with Gasteiger partial charge in [-0.3, -0.25) is 10.1 Å². The maximum absolute atomic E-state index is 14.7. The highest BCUT2D eigenvalue weighted by atomic mass is 19.1. The summed E-state index contributed by atoms with van der Waals surface area (Å²) in [5.41, 5.74) is 0.124. The lowest BCUT2D eigenvalue weighted by Gasteiger charge is -2.41. The smallest absolute Gasteiger partial charge is 0.409 e. The first-order chi connectivity index (χ1) is 13.9. The summed E-state index contributed by atoms with van der Waals surface area (Å²) in [6.45, 7) is 1.89.